The van der Waals surface area contributed by atoms with E-state index in [2.05, 4.69) is 0 Å². The Morgan fingerprint density at radius 1 is 1.46 bits per heavy atom. The zero-order chi connectivity index (χ0) is 10.5. The average molecular weight is 198 g/mol. The molecule has 0 aliphatic carbocycles. The Hall–Kier alpha value is -0.740. The van der Waals surface area contributed by atoms with Crippen LogP contribution in [0.4, 0.5) is 13.2 Å². The molecule has 0 aromatic heterocycles. The van der Waals surface area contributed by atoms with E-state index in [0.717, 1.165) is 0 Å². The maximum atomic E-state index is 11.8. The number of halogens is 3. The number of unbranched alkanes of at least 4 members (excludes halogenated alkanes) is 1. The summed E-state index contributed by atoms with van der Waals surface area (Å²) >= 11 is 0. The van der Waals surface area contributed by atoms with Crippen molar-refractivity contribution in [2.45, 2.75) is 38.8 Å². The van der Waals surface area contributed by atoms with Crippen molar-refractivity contribution in [1.29, 1.82) is 0 Å². The fourth-order valence-electron chi connectivity index (χ4n) is 1.04. The van der Waals surface area contributed by atoms with E-state index in [4.69, 9.17) is 5.11 Å². The van der Waals surface area contributed by atoms with E-state index in [9.17, 15) is 18.0 Å². The molecule has 0 saturated heterocycles. The molecule has 0 fully saturated rings. The Bertz CT molecular complexity index is 165. The fourth-order valence-corrected chi connectivity index (χ4v) is 1.04. The van der Waals surface area contributed by atoms with Crippen molar-refractivity contribution in [2.75, 3.05) is 0 Å². The highest BCUT2D eigenvalue weighted by molar-refractivity contribution is 5.69. The minimum absolute atomic E-state index is 0.103. The monoisotopic (exact) mass is 198 g/mol. The number of alkyl halides is 3. The van der Waals surface area contributed by atoms with Crippen LogP contribution in [0.1, 0.15) is 32.6 Å². The summed E-state index contributed by atoms with van der Waals surface area (Å²) < 4.78 is 35.5. The molecule has 2 nitrogen and oxygen atoms in total. The standard InChI is InChI=1S/C8H13F3O2/c1-2-3-4-6(7(12)13)5-8(9,10)11/h6H,2-5H2,1H3,(H,12,13). The van der Waals surface area contributed by atoms with Crippen LogP contribution >= 0.6 is 0 Å². The molecule has 0 rings (SSSR count). The number of hydrogen-bond acceptors (Lipinski definition) is 1. The van der Waals surface area contributed by atoms with E-state index in [1.54, 1.807) is 0 Å². The van der Waals surface area contributed by atoms with Gasteiger partial charge in [-0.15, -0.1) is 0 Å². The van der Waals surface area contributed by atoms with Crippen LogP contribution in [-0.4, -0.2) is 17.3 Å². The largest absolute Gasteiger partial charge is 0.481 e. The lowest BCUT2D eigenvalue weighted by Crippen LogP contribution is -2.22. The summed E-state index contributed by atoms with van der Waals surface area (Å²) in [5, 5.41) is 8.46. The summed E-state index contributed by atoms with van der Waals surface area (Å²) in [6.45, 7) is 1.81. The van der Waals surface area contributed by atoms with Crippen LogP contribution in [-0.2, 0) is 4.79 Å². The minimum atomic E-state index is -4.38. The van der Waals surface area contributed by atoms with Crippen LogP contribution < -0.4 is 0 Å². The van der Waals surface area contributed by atoms with Gasteiger partial charge in [-0.1, -0.05) is 19.8 Å². The van der Waals surface area contributed by atoms with Crippen LogP contribution in [0.3, 0.4) is 0 Å². The van der Waals surface area contributed by atoms with Crippen molar-refractivity contribution >= 4 is 5.97 Å². The zero-order valence-electron chi connectivity index (χ0n) is 7.40. The summed E-state index contributed by atoms with van der Waals surface area (Å²) in [5.74, 6) is -2.63. The molecular formula is C8H13F3O2. The van der Waals surface area contributed by atoms with Gasteiger partial charge < -0.3 is 5.11 Å². The molecule has 0 radical (unpaired) electrons. The van der Waals surface area contributed by atoms with Crippen molar-refractivity contribution in [2.24, 2.45) is 5.92 Å². The molecule has 0 amide bonds. The van der Waals surface area contributed by atoms with E-state index in [1.165, 1.54) is 0 Å². The number of aliphatic carboxylic acids is 1. The van der Waals surface area contributed by atoms with E-state index in [0.29, 0.717) is 12.8 Å². The normalized spacial score (nSPS) is 14.2. The summed E-state index contributed by atoms with van der Waals surface area (Å²) in [6, 6.07) is 0. The topological polar surface area (TPSA) is 37.3 Å². The predicted octanol–water partition coefficient (Wildman–Crippen LogP) is 2.83. The number of carboxylic acid groups (broad SMARTS) is 1. The second-order valence-electron chi connectivity index (χ2n) is 3.00. The molecule has 0 heterocycles. The Kier molecular flexibility index (Phi) is 4.80. The first-order valence-corrected chi connectivity index (χ1v) is 4.16. The molecule has 1 atom stereocenters. The molecule has 0 aromatic rings. The molecule has 0 aliphatic rings. The Balaban J connectivity index is 4.03. The first-order valence-electron chi connectivity index (χ1n) is 4.16. The first kappa shape index (κ1) is 12.3. The van der Waals surface area contributed by atoms with Gasteiger partial charge in [0.05, 0.1) is 12.3 Å². The van der Waals surface area contributed by atoms with Gasteiger partial charge in [0, 0.05) is 0 Å². The third-order valence-electron chi connectivity index (χ3n) is 1.73. The van der Waals surface area contributed by atoms with Crippen molar-refractivity contribution in [3.63, 3.8) is 0 Å². The van der Waals surface area contributed by atoms with Crippen LogP contribution in [0.25, 0.3) is 0 Å². The lowest BCUT2D eigenvalue weighted by Gasteiger charge is -2.13. The highest BCUT2D eigenvalue weighted by Gasteiger charge is 2.34. The first-order chi connectivity index (χ1) is 5.87. The quantitative estimate of drug-likeness (QED) is 0.737. The summed E-state index contributed by atoms with van der Waals surface area (Å²) in [5.41, 5.74) is 0. The molecule has 1 unspecified atom stereocenters. The van der Waals surface area contributed by atoms with Gasteiger partial charge in [0.2, 0.25) is 0 Å². The van der Waals surface area contributed by atoms with Crippen LogP contribution in [0.2, 0.25) is 0 Å². The maximum absolute atomic E-state index is 11.8. The number of carboxylic acids is 1. The third kappa shape index (κ3) is 6.42. The second-order valence-corrected chi connectivity index (χ2v) is 3.00. The molecule has 0 bridgehead atoms. The Morgan fingerprint density at radius 3 is 2.31 bits per heavy atom. The second kappa shape index (κ2) is 5.09. The van der Waals surface area contributed by atoms with Gasteiger partial charge in [0.1, 0.15) is 0 Å². The van der Waals surface area contributed by atoms with Crippen molar-refractivity contribution in [1.82, 2.24) is 0 Å². The molecule has 0 saturated carbocycles. The average Bonchev–Trinajstić information content (AvgIpc) is 1.95. The molecule has 0 spiro atoms. The number of rotatable bonds is 5. The molecular weight excluding hydrogens is 185 g/mol. The van der Waals surface area contributed by atoms with Crippen molar-refractivity contribution in [3.8, 4) is 0 Å². The minimum Gasteiger partial charge on any atom is -0.481 e. The lowest BCUT2D eigenvalue weighted by molar-refractivity contribution is -0.164. The fraction of sp³-hybridized carbons (Fsp3) is 0.875. The molecule has 1 N–H and O–H groups in total. The summed E-state index contributed by atoms with van der Waals surface area (Å²) in [6.07, 6.45) is -4.26. The molecule has 0 aliphatic heterocycles. The summed E-state index contributed by atoms with van der Waals surface area (Å²) in [7, 11) is 0. The van der Waals surface area contributed by atoms with Gasteiger partial charge in [0.15, 0.2) is 0 Å². The lowest BCUT2D eigenvalue weighted by atomic mass is 9.98. The van der Waals surface area contributed by atoms with Gasteiger partial charge in [0.25, 0.3) is 0 Å². The van der Waals surface area contributed by atoms with E-state index >= 15 is 0 Å². The van der Waals surface area contributed by atoms with Gasteiger partial charge in [-0.05, 0) is 6.42 Å². The number of hydrogen-bond donors (Lipinski definition) is 1. The number of carbonyl (C=O) groups is 1. The maximum Gasteiger partial charge on any atom is 0.389 e. The van der Waals surface area contributed by atoms with Crippen LogP contribution in [0.15, 0.2) is 0 Å². The highest BCUT2D eigenvalue weighted by Crippen LogP contribution is 2.27. The van der Waals surface area contributed by atoms with Gasteiger partial charge >= 0.3 is 12.1 Å². The zero-order valence-corrected chi connectivity index (χ0v) is 7.40. The molecule has 78 valence electrons. The van der Waals surface area contributed by atoms with Crippen LogP contribution in [0, 0.1) is 5.92 Å². The highest BCUT2D eigenvalue weighted by atomic mass is 19.4. The third-order valence-corrected chi connectivity index (χ3v) is 1.73. The van der Waals surface area contributed by atoms with E-state index < -0.39 is 24.5 Å². The molecule has 13 heavy (non-hydrogen) atoms. The Morgan fingerprint density at radius 2 is 2.00 bits per heavy atom. The molecule has 5 heteroatoms. The smallest absolute Gasteiger partial charge is 0.389 e. The Labute approximate surface area is 74.7 Å². The van der Waals surface area contributed by atoms with E-state index in [-0.39, 0.29) is 6.42 Å². The van der Waals surface area contributed by atoms with Gasteiger partial charge in [-0.3, -0.25) is 4.79 Å². The molecule has 0 aromatic carbocycles. The van der Waals surface area contributed by atoms with Gasteiger partial charge in [-0.2, -0.15) is 13.2 Å². The van der Waals surface area contributed by atoms with Crippen molar-refractivity contribution in [3.05, 3.63) is 0 Å². The summed E-state index contributed by atoms with van der Waals surface area (Å²) in [4.78, 5) is 10.4. The van der Waals surface area contributed by atoms with Crippen LogP contribution in [0.5, 0.6) is 0 Å². The predicted molar refractivity (Wildman–Crippen MR) is 41.3 cm³/mol. The van der Waals surface area contributed by atoms with Crippen molar-refractivity contribution < 1.29 is 23.1 Å². The van der Waals surface area contributed by atoms with Gasteiger partial charge in [-0.25, -0.2) is 0 Å². The van der Waals surface area contributed by atoms with E-state index in [1.807, 2.05) is 6.92 Å². The SMILES string of the molecule is CCCCC(CC(F)(F)F)C(=O)O.